The van der Waals surface area contributed by atoms with E-state index in [0.29, 0.717) is 6.61 Å². The number of aryl methyl sites for hydroxylation is 1. The SMILES string of the molecule is Cn1ncc2ccc(Br)c(OCc3ccccc3)c21. The van der Waals surface area contributed by atoms with Gasteiger partial charge in [-0.25, -0.2) is 0 Å². The maximum Gasteiger partial charge on any atom is 0.159 e. The molecule has 0 aliphatic rings. The average molecular weight is 317 g/mol. The van der Waals surface area contributed by atoms with Gasteiger partial charge in [0.15, 0.2) is 5.75 Å². The van der Waals surface area contributed by atoms with Crippen molar-refractivity contribution in [1.82, 2.24) is 9.78 Å². The molecule has 3 rings (SSSR count). The summed E-state index contributed by atoms with van der Waals surface area (Å²) in [5.41, 5.74) is 2.15. The number of nitrogens with zero attached hydrogens (tertiary/aromatic N) is 2. The standard InChI is InChI=1S/C15H13BrN2O/c1-18-14-12(9-17-18)7-8-13(16)15(14)19-10-11-5-3-2-4-6-11/h2-9H,10H2,1H3. The van der Waals surface area contributed by atoms with E-state index in [1.165, 1.54) is 0 Å². The van der Waals surface area contributed by atoms with Crippen molar-refractivity contribution in [2.45, 2.75) is 6.61 Å². The van der Waals surface area contributed by atoms with Crippen LogP contribution in [0.4, 0.5) is 0 Å². The molecule has 0 spiro atoms. The zero-order valence-corrected chi connectivity index (χ0v) is 12.1. The van der Waals surface area contributed by atoms with Gasteiger partial charge in [-0.3, -0.25) is 4.68 Å². The molecule has 0 N–H and O–H groups in total. The molecule has 0 radical (unpaired) electrons. The van der Waals surface area contributed by atoms with Gasteiger partial charge in [0.1, 0.15) is 12.1 Å². The largest absolute Gasteiger partial charge is 0.485 e. The van der Waals surface area contributed by atoms with Gasteiger partial charge in [0.2, 0.25) is 0 Å². The van der Waals surface area contributed by atoms with Crippen molar-refractivity contribution in [2.75, 3.05) is 0 Å². The first-order chi connectivity index (χ1) is 9.25. The summed E-state index contributed by atoms with van der Waals surface area (Å²) in [5, 5.41) is 5.35. The lowest BCUT2D eigenvalue weighted by molar-refractivity contribution is 0.306. The number of ether oxygens (including phenoxy) is 1. The Kier molecular flexibility index (Phi) is 3.25. The number of hydrogen-bond acceptors (Lipinski definition) is 2. The van der Waals surface area contributed by atoms with Crippen LogP contribution in [0.25, 0.3) is 10.9 Å². The van der Waals surface area contributed by atoms with Gasteiger partial charge in [-0.15, -0.1) is 0 Å². The molecule has 0 aliphatic heterocycles. The second-order valence-corrected chi connectivity index (χ2v) is 5.21. The molecule has 0 saturated heterocycles. The highest BCUT2D eigenvalue weighted by atomic mass is 79.9. The van der Waals surface area contributed by atoms with E-state index in [0.717, 1.165) is 26.7 Å². The first-order valence-electron chi connectivity index (χ1n) is 6.02. The van der Waals surface area contributed by atoms with Gasteiger partial charge < -0.3 is 4.74 Å². The smallest absolute Gasteiger partial charge is 0.159 e. The summed E-state index contributed by atoms with van der Waals surface area (Å²) in [6, 6.07) is 14.2. The van der Waals surface area contributed by atoms with E-state index in [-0.39, 0.29) is 0 Å². The number of halogens is 1. The number of rotatable bonds is 3. The van der Waals surface area contributed by atoms with Crippen LogP contribution in [0.1, 0.15) is 5.56 Å². The van der Waals surface area contributed by atoms with Gasteiger partial charge in [0.05, 0.1) is 10.7 Å². The average Bonchev–Trinajstić information content (AvgIpc) is 2.81. The maximum absolute atomic E-state index is 5.97. The van der Waals surface area contributed by atoms with Gasteiger partial charge in [0, 0.05) is 12.4 Å². The minimum Gasteiger partial charge on any atom is -0.485 e. The van der Waals surface area contributed by atoms with Crippen molar-refractivity contribution < 1.29 is 4.74 Å². The fraction of sp³-hybridized carbons (Fsp3) is 0.133. The zero-order chi connectivity index (χ0) is 13.2. The van der Waals surface area contributed by atoms with Crippen molar-refractivity contribution in [3.05, 3.63) is 58.7 Å². The number of aromatic nitrogens is 2. The first-order valence-corrected chi connectivity index (χ1v) is 6.82. The summed E-state index contributed by atoms with van der Waals surface area (Å²) in [6.07, 6.45) is 1.84. The van der Waals surface area contributed by atoms with E-state index in [9.17, 15) is 0 Å². The Hall–Kier alpha value is -1.81. The lowest BCUT2D eigenvalue weighted by atomic mass is 10.2. The van der Waals surface area contributed by atoms with Crippen molar-refractivity contribution in [2.24, 2.45) is 7.05 Å². The Morgan fingerprint density at radius 1 is 1.16 bits per heavy atom. The van der Waals surface area contributed by atoms with Crippen LogP contribution < -0.4 is 4.74 Å². The normalized spacial score (nSPS) is 10.8. The molecule has 4 heteroatoms. The Morgan fingerprint density at radius 2 is 1.95 bits per heavy atom. The molecule has 0 fully saturated rings. The summed E-state index contributed by atoms with van der Waals surface area (Å²) >= 11 is 3.54. The number of benzene rings is 2. The third-order valence-corrected chi connectivity index (χ3v) is 3.66. The van der Waals surface area contributed by atoms with Crippen LogP contribution in [-0.2, 0) is 13.7 Å². The highest BCUT2D eigenvalue weighted by Crippen LogP contribution is 2.33. The number of fused-ring (bicyclic) bond motifs is 1. The third kappa shape index (κ3) is 2.36. The molecule has 0 saturated carbocycles. The summed E-state index contributed by atoms with van der Waals surface area (Å²) in [6.45, 7) is 0.545. The second kappa shape index (κ2) is 5.05. The summed E-state index contributed by atoms with van der Waals surface area (Å²) in [5.74, 6) is 0.835. The van der Waals surface area contributed by atoms with Crippen molar-refractivity contribution >= 4 is 26.8 Å². The molecule has 1 heterocycles. The van der Waals surface area contributed by atoms with E-state index < -0.39 is 0 Å². The van der Waals surface area contributed by atoms with Crippen LogP contribution in [0.2, 0.25) is 0 Å². The van der Waals surface area contributed by atoms with Crippen LogP contribution in [-0.4, -0.2) is 9.78 Å². The van der Waals surface area contributed by atoms with E-state index >= 15 is 0 Å². The summed E-state index contributed by atoms with van der Waals surface area (Å²) in [4.78, 5) is 0. The molecule has 0 unspecified atom stereocenters. The lowest BCUT2D eigenvalue weighted by Gasteiger charge is -2.10. The summed E-state index contributed by atoms with van der Waals surface area (Å²) in [7, 11) is 1.92. The minimum atomic E-state index is 0.545. The van der Waals surface area contributed by atoms with E-state index in [1.807, 2.05) is 48.3 Å². The second-order valence-electron chi connectivity index (χ2n) is 4.36. The van der Waals surface area contributed by atoms with Gasteiger partial charge in [-0.2, -0.15) is 5.10 Å². The molecule has 3 nitrogen and oxygen atoms in total. The first kappa shape index (κ1) is 12.2. The molecule has 0 amide bonds. The Labute approximate surface area is 119 Å². The summed E-state index contributed by atoms with van der Waals surface area (Å²) < 4.78 is 8.75. The zero-order valence-electron chi connectivity index (χ0n) is 10.5. The Bertz CT molecular complexity index is 707. The third-order valence-electron chi connectivity index (χ3n) is 3.03. The van der Waals surface area contributed by atoms with Crippen LogP contribution in [0.5, 0.6) is 5.75 Å². The quantitative estimate of drug-likeness (QED) is 0.732. The van der Waals surface area contributed by atoms with Gasteiger partial charge in [0.25, 0.3) is 0 Å². The maximum atomic E-state index is 5.97. The van der Waals surface area contributed by atoms with Crippen molar-refractivity contribution in [1.29, 1.82) is 0 Å². The van der Waals surface area contributed by atoms with Crippen LogP contribution in [0.15, 0.2) is 53.1 Å². The molecule has 0 aliphatic carbocycles. The molecule has 1 aromatic heterocycles. The van der Waals surface area contributed by atoms with Gasteiger partial charge >= 0.3 is 0 Å². The van der Waals surface area contributed by atoms with Crippen molar-refractivity contribution in [3.63, 3.8) is 0 Å². The Morgan fingerprint density at radius 3 is 2.74 bits per heavy atom. The molecule has 3 aromatic rings. The molecular weight excluding hydrogens is 304 g/mol. The van der Waals surface area contributed by atoms with Gasteiger partial charge in [-0.1, -0.05) is 30.3 Å². The fourth-order valence-electron chi connectivity index (χ4n) is 2.07. The molecule has 0 atom stereocenters. The predicted molar refractivity (Wildman–Crippen MR) is 79.2 cm³/mol. The van der Waals surface area contributed by atoms with Crippen LogP contribution in [0.3, 0.4) is 0 Å². The highest BCUT2D eigenvalue weighted by molar-refractivity contribution is 9.10. The fourth-order valence-corrected chi connectivity index (χ4v) is 2.51. The van der Waals surface area contributed by atoms with E-state index in [4.69, 9.17) is 4.74 Å². The molecule has 19 heavy (non-hydrogen) atoms. The topological polar surface area (TPSA) is 27.1 Å². The van der Waals surface area contributed by atoms with Crippen LogP contribution >= 0.6 is 15.9 Å². The molecular formula is C15H13BrN2O. The van der Waals surface area contributed by atoms with Gasteiger partial charge in [-0.05, 0) is 33.6 Å². The predicted octanol–water partition coefficient (Wildman–Crippen LogP) is 3.91. The molecule has 2 aromatic carbocycles. The van der Waals surface area contributed by atoms with Crippen LogP contribution in [0, 0.1) is 0 Å². The monoisotopic (exact) mass is 316 g/mol. The Balaban J connectivity index is 1.96. The minimum absolute atomic E-state index is 0.545. The molecule has 96 valence electrons. The number of hydrogen-bond donors (Lipinski definition) is 0. The van der Waals surface area contributed by atoms with Crippen molar-refractivity contribution in [3.8, 4) is 5.75 Å². The van der Waals surface area contributed by atoms with E-state index in [2.05, 4.69) is 33.2 Å². The lowest BCUT2D eigenvalue weighted by Crippen LogP contribution is -1.99. The highest BCUT2D eigenvalue weighted by Gasteiger charge is 2.11. The van der Waals surface area contributed by atoms with E-state index in [1.54, 1.807) is 0 Å². The molecule has 0 bridgehead atoms.